The van der Waals surface area contributed by atoms with E-state index in [1.165, 1.54) is 11.8 Å². The van der Waals surface area contributed by atoms with Gasteiger partial charge < -0.3 is 10.2 Å². The summed E-state index contributed by atoms with van der Waals surface area (Å²) in [5.41, 5.74) is 2.07. The third-order valence-electron chi connectivity index (χ3n) is 5.20. The molecule has 7 heteroatoms. The van der Waals surface area contributed by atoms with Crippen LogP contribution in [0.5, 0.6) is 0 Å². The highest BCUT2D eigenvalue weighted by Gasteiger charge is 2.42. The second-order valence-corrected chi connectivity index (χ2v) is 9.41. The number of halogens is 2. The van der Waals surface area contributed by atoms with Gasteiger partial charge in [0.25, 0.3) is 0 Å². The van der Waals surface area contributed by atoms with Gasteiger partial charge in [-0.2, -0.15) is 0 Å². The molecule has 0 aliphatic heterocycles. The van der Waals surface area contributed by atoms with E-state index in [1.807, 2.05) is 18.4 Å². The molecule has 1 unspecified atom stereocenters. The van der Waals surface area contributed by atoms with Gasteiger partial charge in [0.1, 0.15) is 5.15 Å². The monoisotopic (exact) mass is 456 g/mol. The molecule has 0 amide bonds. The minimum atomic E-state index is -1.06. The zero-order valence-electron chi connectivity index (χ0n) is 15.0. The predicted octanol–water partition coefficient (Wildman–Crippen LogP) is 4.61. The first kappa shape index (κ1) is 20.1. The third-order valence-corrected chi connectivity index (χ3v) is 6.55. The predicted molar refractivity (Wildman–Crippen MR) is 109 cm³/mol. The van der Waals surface area contributed by atoms with Crippen molar-refractivity contribution in [3.63, 3.8) is 0 Å². The Bertz CT molecular complexity index is 847. The fourth-order valence-corrected chi connectivity index (χ4v) is 4.66. The van der Waals surface area contributed by atoms with E-state index in [0.29, 0.717) is 22.8 Å². The Morgan fingerprint density at radius 2 is 1.96 bits per heavy atom. The van der Waals surface area contributed by atoms with Crippen molar-refractivity contribution in [2.75, 3.05) is 6.26 Å². The van der Waals surface area contributed by atoms with E-state index in [1.54, 1.807) is 0 Å². The molecule has 1 aromatic carbocycles. The lowest BCUT2D eigenvalue weighted by Gasteiger charge is -2.42. The van der Waals surface area contributed by atoms with E-state index < -0.39 is 5.60 Å². The first-order chi connectivity index (χ1) is 12.2. The van der Waals surface area contributed by atoms with Crippen LogP contribution in [-0.2, 0) is 24.0 Å². The standard InChI is InChI=1S/C19H22BrClN2O2S/c1-18(2)6-7-19(25,14-8-11(20)4-5-13(14)18)9-15-12(10-24)16(21)23-17(22-15)26-3/h4-5,8,24-25H,6-7,9-10H2,1-3H3. The zero-order valence-corrected chi connectivity index (χ0v) is 18.2. The van der Waals surface area contributed by atoms with Crippen molar-refractivity contribution in [3.05, 3.63) is 50.2 Å². The molecule has 0 saturated carbocycles. The molecule has 140 valence electrons. The zero-order chi connectivity index (χ0) is 19.1. The van der Waals surface area contributed by atoms with Crippen LogP contribution in [0.1, 0.15) is 49.1 Å². The summed E-state index contributed by atoms with van der Waals surface area (Å²) in [7, 11) is 0. The molecule has 0 spiro atoms. The summed E-state index contributed by atoms with van der Waals surface area (Å²) in [5.74, 6) is 0. The Hall–Kier alpha value is -0.660. The maximum atomic E-state index is 11.6. The van der Waals surface area contributed by atoms with E-state index >= 15 is 0 Å². The van der Waals surface area contributed by atoms with Crippen molar-refractivity contribution in [2.24, 2.45) is 0 Å². The molecular weight excluding hydrogens is 436 g/mol. The van der Waals surface area contributed by atoms with Crippen molar-refractivity contribution >= 4 is 39.3 Å². The molecule has 0 fully saturated rings. The Labute approximate surface area is 171 Å². The molecule has 2 aromatic rings. The first-order valence-electron chi connectivity index (χ1n) is 8.43. The molecule has 0 bridgehead atoms. The molecule has 0 radical (unpaired) electrons. The van der Waals surface area contributed by atoms with E-state index in [2.05, 4.69) is 45.8 Å². The fraction of sp³-hybridized carbons (Fsp3) is 0.474. The number of benzene rings is 1. The maximum absolute atomic E-state index is 11.6. The first-order valence-corrected chi connectivity index (χ1v) is 10.8. The van der Waals surface area contributed by atoms with Crippen LogP contribution in [-0.4, -0.2) is 26.4 Å². The summed E-state index contributed by atoms with van der Waals surface area (Å²) in [6.07, 6.45) is 3.64. The van der Waals surface area contributed by atoms with Crippen LogP contribution in [0.4, 0.5) is 0 Å². The van der Waals surface area contributed by atoms with Crippen molar-refractivity contribution in [1.29, 1.82) is 0 Å². The van der Waals surface area contributed by atoms with Crippen LogP contribution in [0.15, 0.2) is 27.8 Å². The lowest BCUT2D eigenvalue weighted by Crippen LogP contribution is -2.39. The third kappa shape index (κ3) is 3.67. The topological polar surface area (TPSA) is 66.2 Å². The van der Waals surface area contributed by atoms with Gasteiger partial charge in [-0.3, -0.25) is 0 Å². The van der Waals surface area contributed by atoms with Crippen LogP contribution in [0.2, 0.25) is 5.15 Å². The van der Waals surface area contributed by atoms with Gasteiger partial charge in [0.15, 0.2) is 5.16 Å². The molecular formula is C19H22BrClN2O2S. The lowest BCUT2D eigenvalue weighted by atomic mass is 9.65. The average Bonchev–Trinajstić information content (AvgIpc) is 2.58. The van der Waals surface area contributed by atoms with Gasteiger partial charge in [-0.25, -0.2) is 9.97 Å². The molecule has 1 heterocycles. The van der Waals surface area contributed by atoms with Crippen molar-refractivity contribution in [2.45, 2.75) is 55.9 Å². The second-order valence-electron chi connectivity index (χ2n) is 7.37. The molecule has 2 N–H and O–H groups in total. The van der Waals surface area contributed by atoms with Crippen LogP contribution in [0.25, 0.3) is 0 Å². The number of rotatable bonds is 4. The SMILES string of the molecule is CSc1nc(Cl)c(CO)c(CC2(O)CCC(C)(C)c3ccc(Br)cc32)n1. The van der Waals surface area contributed by atoms with Gasteiger partial charge >= 0.3 is 0 Å². The number of hydrogen-bond acceptors (Lipinski definition) is 5. The van der Waals surface area contributed by atoms with Gasteiger partial charge in [-0.05, 0) is 47.8 Å². The molecule has 1 aliphatic rings. The number of fused-ring (bicyclic) bond motifs is 1. The molecule has 3 rings (SSSR count). The number of thioether (sulfide) groups is 1. The number of aromatic nitrogens is 2. The highest BCUT2D eigenvalue weighted by molar-refractivity contribution is 9.10. The summed E-state index contributed by atoms with van der Waals surface area (Å²) >= 11 is 11.1. The quantitative estimate of drug-likeness (QED) is 0.399. The molecule has 26 heavy (non-hydrogen) atoms. The highest BCUT2D eigenvalue weighted by atomic mass is 79.9. The fourth-order valence-electron chi connectivity index (χ4n) is 3.61. The Kier molecular flexibility index (Phi) is 5.71. The Morgan fingerprint density at radius 1 is 1.23 bits per heavy atom. The summed E-state index contributed by atoms with van der Waals surface area (Å²) in [5, 5.41) is 22.1. The van der Waals surface area contributed by atoms with E-state index in [-0.39, 0.29) is 23.6 Å². The van der Waals surface area contributed by atoms with Gasteiger partial charge in [0.2, 0.25) is 0 Å². The van der Waals surface area contributed by atoms with Crippen molar-refractivity contribution in [1.82, 2.24) is 9.97 Å². The summed E-state index contributed by atoms with van der Waals surface area (Å²) in [6.45, 7) is 4.15. The van der Waals surface area contributed by atoms with Crippen LogP contribution < -0.4 is 0 Å². The average molecular weight is 458 g/mol. The maximum Gasteiger partial charge on any atom is 0.188 e. The van der Waals surface area contributed by atoms with Crippen LogP contribution in [0, 0.1) is 0 Å². The van der Waals surface area contributed by atoms with Crippen molar-refractivity contribution < 1.29 is 10.2 Å². The number of aliphatic hydroxyl groups excluding tert-OH is 1. The number of nitrogens with zero attached hydrogens (tertiary/aromatic N) is 2. The molecule has 0 saturated heterocycles. The Morgan fingerprint density at radius 3 is 2.62 bits per heavy atom. The molecule has 1 aromatic heterocycles. The van der Waals surface area contributed by atoms with Gasteiger partial charge in [-0.1, -0.05) is 59.2 Å². The molecule has 1 aliphatic carbocycles. The summed E-state index contributed by atoms with van der Waals surface area (Å²) < 4.78 is 0.931. The summed E-state index contributed by atoms with van der Waals surface area (Å²) in [4.78, 5) is 8.72. The molecule has 4 nitrogen and oxygen atoms in total. The van der Waals surface area contributed by atoms with E-state index in [9.17, 15) is 10.2 Å². The number of hydrogen-bond donors (Lipinski definition) is 2. The van der Waals surface area contributed by atoms with Crippen LogP contribution >= 0.6 is 39.3 Å². The van der Waals surface area contributed by atoms with Crippen molar-refractivity contribution in [3.8, 4) is 0 Å². The van der Waals surface area contributed by atoms with Crippen LogP contribution in [0.3, 0.4) is 0 Å². The van der Waals surface area contributed by atoms with Gasteiger partial charge in [-0.15, -0.1) is 0 Å². The lowest BCUT2D eigenvalue weighted by molar-refractivity contribution is 0.00747. The largest absolute Gasteiger partial charge is 0.391 e. The number of aliphatic hydroxyl groups is 2. The summed E-state index contributed by atoms with van der Waals surface area (Å²) in [6, 6.07) is 6.09. The normalized spacial score (nSPS) is 21.5. The Balaban J connectivity index is 2.11. The minimum Gasteiger partial charge on any atom is -0.391 e. The van der Waals surface area contributed by atoms with Gasteiger partial charge in [0, 0.05) is 16.5 Å². The highest BCUT2D eigenvalue weighted by Crippen LogP contribution is 2.47. The second kappa shape index (κ2) is 7.40. The molecule has 1 atom stereocenters. The minimum absolute atomic E-state index is 0.00415. The van der Waals surface area contributed by atoms with Gasteiger partial charge in [0.05, 0.1) is 17.9 Å². The van der Waals surface area contributed by atoms with E-state index in [4.69, 9.17) is 11.6 Å². The smallest absolute Gasteiger partial charge is 0.188 e. The van der Waals surface area contributed by atoms with E-state index in [0.717, 1.165) is 22.0 Å².